The largest absolute Gasteiger partial charge is 0.481 e. The topological polar surface area (TPSA) is 66.4 Å². The first-order chi connectivity index (χ1) is 9.99. The summed E-state index contributed by atoms with van der Waals surface area (Å²) in [6, 6.07) is 5.07. The maximum atomic E-state index is 11.7. The van der Waals surface area contributed by atoms with Crippen molar-refractivity contribution in [3.05, 3.63) is 33.8 Å². The predicted molar refractivity (Wildman–Crippen MR) is 83.9 cm³/mol. The summed E-state index contributed by atoms with van der Waals surface area (Å²) in [5, 5.41) is 12.4. The molecule has 21 heavy (non-hydrogen) atoms. The number of hydrogen-bond donors (Lipinski definition) is 2. The van der Waals surface area contributed by atoms with E-state index in [2.05, 4.69) is 5.32 Å². The van der Waals surface area contributed by atoms with E-state index in [-0.39, 0.29) is 18.7 Å². The van der Waals surface area contributed by atoms with E-state index in [1.165, 1.54) is 0 Å². The molecule has 0 saturated carbocycles. The number of amides is 1. The molecule has 0 bridgehead atoms. The Balaban J connectivity index is 2.15. The van der Waals surface area contributed by atoms with E-state index in [4.69, 9.17) is 28.3 Å². The summed E-state index contributed by atoms with van der Waals surface area (Å²) in [6.45, 7) is 0.594. The van der Waals surface area contributed by atoms with Crippen molar-refractivity contribution < 1.29 is 14.7 Å². The first-order valence-electron chi connectivity index (χ1n) is 6.91. The number of unbranched alkanes of at least 4 members (excludes halogenated alkanes) is 3. The Morgan fingerprint density at radius 2 is 1.81 bits per heavy atom. The van der Waals surface area contributed by atoms with E-state index >= 15 is 0 Å². The Morgan fingerprint density at radius 3 is 2.48 bits per heavy atom. The maximum Gasteiger partial charge on any atom is 0.303 e. The summed E-state index contributed by atoms with van der Waals surface area (Å²) in [7, 11) is 0. The third-order valence-corrected chi connectivity index (χ3v) is 3.59. The van der Waals surface area contributed by atoms with E-state index in [0.29, 0.717) is 23.0 Å². The molecule has 0 heterocycles. The molecule has 0 atom stereocenters. The van der Waals surface area contributed by atoms with E-state index in [9.17, 15) is 9.59 Å². The van der Waals surface area contributed by atoms with Crippen LogP contribution in [0.1, 0.15) is 37.7 Å². The zero-order chi connectivity index (χ0) is 15.7. The van der Waals surface area contributed by atoms with Crippen LogP contribution >= 0.6 is 23.2 Å². The van der Waals surface area contributed by atoms with Gasteiger partial charge in [0.05, 0.1) is 6.42 Å². The second kappa shape index (κ2) is 9.64. The maximum absolute atomic E-state index is 11.7. The Kier molecular flexibility index (Phi) is 8.16. The molecule has 0 spiro atoms. The normalized spacial score (nSPS) is 10.4. The molecule has 0 aliphatic rings. The van der Waals surface area contributed by atoms with Gasteiger partial charge in [0.15, 0.2) is 0 Å². The van der Waals surface area contributed by atoms with Crippen molar-refractivity contribution in [2.75, 3.05) is 6.54 Å². The monoisotopic (exact) mass is 331 g/mol. The highest BCUT2D eigenvalue weighted by Crippen LogP contribution is 2.21. The number of aliphatic carboxylic acids is 1. The number of halogens is 2. The summed E-state index contributed by atoms with van der Waals surface area (Å²) >= 11 is 11.8. The molecule has 0 aliphatic heterocycles. The van der Waals surface area contributed by atoms with Gasteiger partial charge in [-0.1, -0.05) is 42.1 Å². The van der Waals surface area contributed by atoms with Gasteiger partial charge in [-0.25, -0.2) is 0 Å². The molecular weight excluding hydrogens is 313 g/mol. The Hall–Kier alpha value is -1.26. The minimum atomic E-state index is -0.761. The SMILES string of the molecule is O=C(O)CCCCCCNC(=O)Cc1ccc(Cl)cc1Cl. The summed E-state index contributed by atoms with van der Waals surface area (Å²) in [6.07, 6.45) is 3.75. The van der Waals surface area contributed by atoms with Crippen LogP contribution in [-0.2, 0) is 16.0 Å². The van der Waals surface area contributed by atoms with Crippen LogP contribution in [0.25, 0.3) is 0 Å². The van der Waals surface area contributed by atoms with Gasteiger partial charge in [0.25, 0.3) is 0 Å². The Bertz CT molecular complexity index is 492. The van der Waals surface area contributed by atoms with Crippen LogP contribution in [0.4, 0.5) is 0 Å². The summed E-state index contributed by atoms with van der Waals surface area (Å²) in [4.78, 5) is 22.1. The third-order valence-electron chi connectivity index (χ3n) is 3.01. The molecule has 0 aliphatic carbocycles. The van der Waals surface area contributed by atoms with Crippen LogP contribution in [0, 0.1) is 0 Å². The molecule has 116 valence electrons. The van der Waals surface area contributed by atoms with Crippen LogP contribution in [0.15, 0.2) is 18.2 Å². The van der Waals surface area contributed by atoms with Gasteiger partial charge in [0.1, 0.15) is 0 Å². The molecule has 0 fully saturated rings. The zero-order valence-electron chi connectivity index (χ0n) is 11.7. The molecule has 0 saturated heterocycles. The highest BCUT2D eigenvalue weighted by molar-refractivity contribution is 6.35. The average Bonchev–Trinajstić information content (AvgIpc) is 2.40. The third kappa shape index (κ3) is 7.93. The number of rotatable bonds is 9. The predicted octanol–water partition coefficient (Wildman–Crippen LogP) is 3.69. The minimum Gasteiger partial charge on any atom is -0.481 e. The molecule has 2 N–H and O–H groups in total. The molecule has 6 heteroatoms. The van der Waals surface area contributed by atoms with E-state index in [1.54, 1.807) is 18.2 Å². The van der Waals surface area contributed by atoms with Gasteiger partial charge in [-0.15, -0.1) is 0 Å². The zero-order valence-corrected chi connectivity index (χ0v) is 13.2. The van der Waals surface area contributed by atoms with Crippen LogP contribution in [0.3, 0.4) is 0 Å². The summed E-state index contributed by atoms with van der Waals surface area (Å²) < 4.78 is 0. The fourth-order valence-corrected chi connectivity index (χ4v) is 2.36. The Morgan fingerprint density at radius 1 is 1.10 bits per heavy atom. The van der Waals surface area contributed by atoms with Crippen molar-refractivity contribution in [2.45, 2.75) is 38.5 Å². The quantitative estimate of drug-likeness (QED) is 0.678. The van der Waals surface area contributed by atoms with Crippen molar-refractivity contribution >= 4 is 35.1 Å². The van der Waals surface area contributed by atoms with Crippen LogP contribution in [0.2, 0.25) is 10.0 Å². The van der Waals surface area contributed by atoms with Crippen molar-refractivity contribution in [2.24, 2.45) is 0 Å². The lowest BCUT2D eigenvalue weighted by Crippen LogP contribution is -2.26. The molecule has 1 aromatic rings. The first kappa shape index (κ1) is 17.8. The first-order valence-corrected chi connectivity index (χ1v) is 7.67. The lowest BCUT2D eigenvalue weighted by molar-refractivity contribution is -0.137. The fourth-order valence-electron chi connectivity index (χ4n) is 1.88. The van der Waals surface area contributed by atoms with Gasteiger partial charge < -0.3 is 10.4 Å². The smallest absolute Gasteiger partial charge is 0.303 e. The molecule has 4 nitrogen and oxygen atoms in total. The van der Waals surface area contributed by atoms with Crippen molar-refractivity contribution in [3.63, 3.8) is 0 Å². The number of carbonyl (C=O) groups is 2. The number of benzene rings is 1. The second-order valence-corrected chi connectivity index (χ2v) is 5.66. The van der Waals surface area contributed by atoms with Gasteiger partial charge >= 0.3 is 5.97 Å². The molecule has 0 aromatic heterocycles. The van der Waals surface area contributed by atoms with Gasteiger partial charge in [0, 0.05) is 23.0 Å². The number of hydrogen-bond acceptors (Lipinski definition) is 2. The van der Waals surface area contributed by atoms with Gasteiger partial charge in [-0.05, 0) is 30.5 Å². The molecule has 1 aromatic carbocycles. The number of carboxylic acid groups (broad SMARTS) is 1. The lowest BCUT2D eigenvalue weighted by Gasteiger charge is -2.07. The highest BCUT2D eigenvalue weighted by atomic mass is 35.5. The van der Waals surface area contributed by atoms with Crippen LogP contribution in [0.5, 0.6) is 0 Å². The standard InChI is InChI=1S/C15H19Cl2NO3/c16-12-7-6-11(13(17)10-12)9-14(19)18-8-4-2-1-3-5-15(20)21/h6-7,10H,1-5,8-9H2,(H,18,19)(H,20,21). The van der Waals surface area contributed by atoms with Crippen molar-refractivity contribution in [1.82, 2.24) is 5.32 Å². The number of carboxylic acids is 1. The van der Waals surface area contributed by atoms with Gasteiger partial charge in [0.2, 0.25) is 5.91 Å². The molecule has 1 rings (SSSR count). The Labute approximate surface area is 134 Å². The van der Waals surface area contributed by atoms with Crippen molar-refractivity contribution in [1.29, 1.82) is 0 Å². The minimum absolute atomic E-state index is 0.0789. The van der Waals surface area contributed by atoms with Crippen LogP contribution < -0.4 is 5.32 Å². The molecular formula is C15H19Cl2NO3. The van der Waals surface area contributed by atoms with E-state index in [0.717, 1.165) is 24.8 Å². The van der Waals surface area contributed by atoms with Crippen LogP contribution in [-0.4, -0.2) is 23.5 Å². The van der Waals surface area contributed by atoms with E-state index in [1.807, 2.05) is 0 Å². The summed E-state index contributed by atoms with van der Waals surface area (Å²) in [5.74, 6) is -0.840. The van der Waals surface area contributed by atoms with E-state index < -0.39 is 5.97 Å². The van der Waals surface area contributed by atoms with Gasteiger partial charge in [-0.3, -0.25) is 9.59 Å². The molecule has 1 amide bonds. The highest BCUT2D eigenvalue weighted by Gasteiger charge is 2.07. The number of nitrogens with one attached hydrogen (secondary N) is 1. The number of carbonyl (C=O) groups excluding carboxylic acids is 1. The second-order valence-electron chi connectivity index (χ2n) is 4.82. The fraction of sp³-hybridized carbons (Fsp3) is 0.467. The molecule has 0 unspecified atom stereocenters. The van der Waals surface area contributed by atoms with Crippen molar-refractivity contribution in [3.8, 4) is 0 Å². The van der Waals surface area contributed by atoms with Gasteiger partial charge in [-0.2, -0.15) is 0 Å². The average molecular weight is 332 g/mol. The summed E-state index contributed by atoms with van der Waals surface area (Å²) in [5.41, 5.74) is 0.750. The lowest BCUT2D eigenvalue weighted by atomic mass is 10.1. The molecule has 0 radical (unpaired) electrons.